The van der Waals surface area contributed by atoms with Gasteiger partial charge in [-0.25, -0.2) is 4.98 Å². The molecule has 0 aliphatic carbocycles. The van der Waals surface area contributed by atoms with Gasteiger partial charge in [-0.3, -0.25) is 0 Å². The summed E-state index contributed by atoms with van der Waals surface area (Å²) in [4.78, 5) is 17.7. The van der Waals surface area contributed by atoms with Gasteiger partial charge >= 0.3 is 0 Å². The fourth-order valence-electron chi connectivity index (χ4n) is 2.42. The Balaban J connectivity index is 2.30. The summed E-state index contributed by atoms with van der Waals surface area (Å²) in [7, 11) is 6.09. The molecule has 0 aliphatic heterocycles. The average molecular weight is 259 g/mol. The van der Waals surface area contributed by atoms with Crippen molar-refractivity contribution in [1.82, 2.24) is 14.5 Å². The van der Waals surface area contributed by atoms with E-state index in [1.165, 1.54) is 5.56 Å². The first-order valence-electron chi connectivity index (χ1n) is 6.56. The molecule has 0 fully saturated rings. The quantitative estimate of drug-likeness (QED) is 0.828. The number of Topliss-reactive ketones (excluding diaryl/α,β-unsaturated/α-hetero) is 1. The lowest BCUT2D eigenvalue weighted by Crippen LogP contribution is -2.20. The van der Waals surface area contributed by atoms with Crippen molar-refractivity contribution in [2.24, 2.45) is 7.05 Å². The molecule has 2 rings (SSSR count). The number of benzene rings is 1. The van der Waals surface area contributed by atoms with Crippen molar-refractivity contribution >= 4 is 16.8 Å². The van der Waals surface area contributed by atoms with E-state index >= 15 is 0 Å². The molecule has 0 saturated heterocycles. The summed E-state index contributed by atoms with van der Waals surface area (Å²) in [5, 5.41) is 0. The topological polar surface area (TPSA) is 38.1 Å². The van der Waals surface area contributed by atoms with Crippen molar-refractivity contribution in [3.05, 3.63) is 30.1 Å². The van der Waals surface area contributed by atoms with Gasteiger partial charge in [0.15, 0.2) is 0 Å². The number of carbonyl (C=O) groups is 1. The Morgan fingerprint density at radius 2 is 2.16 bits per heavy atom. The van der Waals surface area contributed by atoms with Crippen LogP contribution in [0, 0.1) is 0 Å². The Morgan fingerprint density at radius 3 is 2.79 bits per heavy atom. The fraction of sp³-hybridized carbons (Fsp3) is 0.467. The average Bonchev–Trinajstić information content (AvgIpc) is 2.70. The fourth-order valence-corrected chi connectivity index (χ4v) is 2.42. The van der Waals surface area contributed by atoms with E-state index in [0.717, 1.165) is 17.5 Å². The van der Waals surface area contributed by atoms with E-state index in [0.29, 0.717) is 6.42 Å². The molecule has 0 saturated carbocycles. The number of nitrogens with zero attached hydrogens (tertiary/aromatic N) is 3. The number of fused-ring (bicyclic) bond motifs is 1. The third-order valence-electron chi connectivity index (χ3n) is 3.53. The molecule has 0 amide bonds. The molecule has 4 nitrogen and oxygen atoms in total. The Labute approximate surface area is 114 Å². The van der Waals surface area contributed by atoms with Gasteiger partial charge in [-0.2, -0.15) is 0 Å². The smallest absolute Gasteiger partial charge is 0.129 e. The molecule has 2 aromatic rings. The maximum absolute atomic E-state index is 11.2. The predicted molar refractivity (Wildman–Crippen MR) is 77.1 cm³/mol. The van der Waals surface area contributed by atoms with Crippen molar-refractivity contribution in [3.8, 4) is 0 Å². The first kappa shape index (κ1) is 13.7. The van der Waals surface area contributed by atoms with Crippen molar-refractivity contribution in [3.63, 3.8) is 0 Å². The first-order chi connectivity index (χ1) is 8.99. The minimum atomic E-state index is 0.241. The lowest BCUT2D eigenvalue weighted by molar-refractivity contribution is -0.117. The molecule has 1 unspecified atom stereocenters. The van der Waals surface area contributed by atoms with Crippen molar-refractivity contribution in [1.29, 1.82) is 0 Å². The van der Waals surface area contributed by atoms with E-state index in [-0.39, 0.29) is 11.8 Å². The standard InChI is InChI=1S/C15H21N3O/c1-11(19)5-7-14(17(2)3)12-6-8-15-13(9-12)16-10-18(15)4/h6,8-10,14H,5,7H2,1-4H3. The summed E-state index contributed by atoms with van der Waals surface area (Å²) in [5.41, 5.74) is 3.36. The number of hydrogen-bond acceptors (Lipinski definition) is 3. The molecule has 1 atom stereocenters. The van der Waals surface area contributed by atoms with E-state index in [1.54, 1.807) is 6.92 Å². The normalized spacial score (nSPS) is 13.1. The molecule has 0 bridgehead atoms. The van der Waals surface area contributed by atoms with Crippen LogP contribution in [0.1, 0.15) is 31.4 Å². The molecular weight excluding hydrogens is 238 g/mol. The van der Waals surface area contributed by atoms with Crippen LogP contribution in [0.25, 0.3) is 11.0 Å². The van der Waals surface area contributed by atoms with Crippen LogP contribution in [0.15, 0.2) is 24.5 Å². The molecule has 1 aromatic heterocycles. The molecule has 102 valence electrons. The zero-order chi connectivity index (χ0) is 14.0. The summed E-state index contributed by atoms with van der Waals surface area (Å²) < 4.78 is 2.01. The van der Waals surface area contributed by atoms with Crippen LogP contribution in [0.5, 0.6) is 0 Å². The minimum Gasteiger partial charge on any atom is -0.334 e. The lowest BCUT2D eigenvalue weighted by atomic mass is 9.99. The van der Waals surface area contributed by atoms with Crippen LogP contribution < -0.4 is 0 Å². The third-order valence-corrected chi connectivity index (χ3v) is 3.53. The van der Waals surface area contributed by atoms with Gasteiger partial charge in [0, 0.05) is 19.5 Å². The Bertz CT molecular complexity index is 586. The molecule has 0 spiro atoms. The summed E-state index contributed by atoms with van der Waals surface area (Å²) >= 11 is 0. The lowest BCUT2D eigenvalue weighted by Gasteiger charge is -2.24. The zero-order valence-electron chi connectivity index (χ0n) is 12.1. The highest BCUT2D eigenvalue weighted by molar-refractivity contribution is 5.76. The maximum Gasteiger partial charge on any atom is 0.129 e. The molecule has 19 heavy (non-hydrogen) atoms. The summed E-state index contributed by atoms with van der Waals surface area (Å²) in [5.74, 6) is 0.241. The molecule has 0 radical (unpaired) electrons. The highest BCUT2D eigenvalue weighted by atomic mass is 16.1. The number of hydrogen-bond donors (Lipinski definition) is 0. The first-order valence-corrected chi connectivity index (χ1v) is 6.56. The Kier molecular flexibility index (Phi) is 4.00. The maximum atomic E-state index is 11.2. The van der Waals surface area contributed by atoms with Crippen molar-refractivity contribution < 1.29 is 4.79 Å². The number of carbonyl (C=O) groups excluding carboxylic acids is 1. The zero-order valence-corrected chi connectivity index (χ0v) is 12.1. The van der Waals surface area contributed by atoms with E-state index in [1.807, 2.05) is 32.0 Å². The SMILES string of the molecule is CC(=O)CCC(c1ccc2c(c1)ncn2C)N(C)C. The summed E-state index contributed by atoms with van der Waals surface area (Å²) in [6.07, 6.45) is 3.29. The minimum absolute atomic E-state index is 0.241. The summed E-state index contributed by atoms with van der Waals surface area (Å²) in [6, 6.07) is 6.62. The molecule has 1 aromatic carbocycles. The van der Waals surface area contributed by atoms with Crippen molar-refractivity contribution in [2.45, 2.75) is 25.8 Å². The van der Waals surface area contributed by atoms with Gasteiger partial charge in [0.1, 0.15) is 5.78 Å². The summed E-state index contributed by atoms with van der Waals surface area (Å²) in [6.45, 7) is 1.65. The second kappa shape index (κ2) is 5.53. The van der Waals surface area contributed by atoms with E-state index in [4.69, 9.17) is 0 Å². The van der Waals surface area contributed by atoms with Gasteiger partial charge < -0.3 is 14.3 Å². The van der Waals surface area contributed by atoms with Gasteiger partial charge in [0.2, 0.25) is 0 Å². The van der Waals surface area contributed by atoms with Gasteiger partial charge in [0.25, 0.3) is 0 Å². The second-order valence-electron chi connectivity index (χ2n) is 5.32. The van der Waals surface area contributed by atoms with Crippen LogP contribution in [-0.2, 0) is 11.8 Å². The number of aryl methyl sites for hydroxylation is 1. The van der Waals surface area contributed by atoms with E-state index in [2.05, 4.69) is 28.1 Å². The molecule has 1 heterocycles. The van der Waals surface area contributed by atoms with E-state index in [9.17, 15) is 4.79 Å². The number of ketones is 1. The predicted octanol–water partition coefficient (Wildman–Crippen LogP) is 2.55. The van der Waals surface area contributed by atoms with Gasteiger partial charge in [-0.1, -0.05) is 6.07 Å². The van der Waals surface area contributed by atoms with Crippen molar-refractivity contribution in [2.75, 3.05) is 14.1 Å². The van der Waals surface area contributed by atoms with Crippen LogP contribution in [0.4, 0.5) is 0 Å². The van der Waals surface area contributed by atoms with Crippen LogP contribution in [-0.4, -0.2) is 34.3 Å². The third kappa shape index (κ3) is 3.01. The van der Waals surface area contributed by atoms with Gasteiger partial charge in [0.05, 0.1) is 17.4 Å². The van der Waals surface area contributed by atoms with Crippen LogP contribution >= 0.6 is 0 Å². The number of imidazole rings is 1. The molecule has 4 heteroatoms. The number of aromatic nitrogens is 2. The van der Waals surface area contributed by atoms with Crippen LogP contribution in [0.3, 0.4) is 0 Å². The van der Waals surface area contributed by atoms with Gasteiger partial charge in [-0.15, -0.1) is 0 Å². The Morgan fingerprint density at radius 1 is 1.42 bits per heavy atom. The second-order valence-corrected chi connectivity index (χ2v) is 5.32. The highest BCUT2D eigenvalue weighted by Gasteiger charge is 2.15. The van der Waals surface area contributed by atoms with Gasteiger partial charge in [-0.05, 0) is 45.1 Å². The molecule has 0 N–H and O–H groups in total. The van der Waals surface area contributed by atoms with Crippen LogP contribution in [0.2, 0.25) is 0 Å². The number of rotatable bonds is 5. The molecule has 0 aliphatic rings. The highest BCUT2D eigenvalue weighted by Crippen LogP contribution is 2.26. The Hall–Kier alpha value is -1.68. The van der Waals surface area contributed by atoms with E-state index < -0.39 is 0 Å². The molecular formula is C15H21N3O. The monoisotopic (exact) mass is 259 g/mol. The largest absolute Gasteiger partial charge is 0.334 e.